The molecule has 0 bridgehead atoms. The molecule has 1 saturated carbocycles. The van der Waals surface area contributed by atoms with Crippen molar-refractivity contribution in [1.29, 1.82) is 0 Å². The summed E-state index contributed by atoms with van der Waals surface area (Å²) in [6.45, 7) is 4.40. The number of aryl methyl sites for hydroxylation is 2. The van der Waals surface area contributed by atoms with Crippen LogP contribution in [0.5, 0.6) is 5.75 Å². The van der Waals surface area contributed by atoms with E-state index in [1.165, 1.54) is 18.4 Å². The van der Waals surface area contributed by atoms with Crippen LogP contribution in [0.2, 0.25) is 0 Å². The molecule has 2 aromatic rings. The molecule has 2 N–H and O–H groups in total. The summed E-state index contributed by atoms with van der Waals surface area (Å²) < 4.78 is 8.50. The molecule has 1 aromatic carbocycles. The van der Waals surface area contributed by atoms with E-state index in [4.69, 9.17) is 4.74 Å². The van der Waals surface area contributed by atoms with Crippen molar-refractivity contribution in [1.82, 2.24) is 25.4 Å². The molecule has 0 spiro atoms. The van der Waals surface area contributed by atoms with Crippen LogP contribution >= 0.6 is 24.0 Å². The SMILES string of the molecule is CN=C(NCc1ccc(C)cc1OC1CCCC1)NCc1nnc2n1CCC2.I. The standard InChI is InChI=1S/C21H30N6O.HI/c1-15-9-10-16(18(12-15)28-17-6-3-4-7-17)13-23-21(22-2)24-14-20-26-25-19-8-5-11-27(19)20;/h9-10,12,17H,3-8,11,13-14H2,1-2H3,(H2,22,23,24);1H. The van der Waals surface area contributed by atoms with Crippen LogP contribution in [0.3, 0.4) is 0 Å². The lowest BCUT2D eigenvalue weighted by Gasteiger charge is -2.18. The van der Waals surface area contributed by atoms with Gasteiger partial charge in [0.1, 0.15) is 11.6 Å². The van der Waals surface area contributed by atoms with E-state index in [-0.39, 0.29) is 24.0 Å². The quantitative estimate of drug-likeness (QED) is 0.354. The maximum absolute atomic E-state index is 6.30. The van der Waals surface area contributed by atoms with Gasteiger partial charge in [-0.25, -0.2) is 0 Å². The van der Waals surface area contributed by atoms with Crippen LogP contribution in [0, 0.1) is 6.92 Å². The van der Waals surface area contributed by atoms with Crippen LogP contribution in [0.15, 0.2) is 23.2 Å². The molecule has 1 aliphatic carbocycles. The van der Waals surface area contributed by atoms with E-state index in [0.29, 0.717) is 19.2 Å². The molecular weight excluding hydrogens is 479 g/mol. The topological polar surface area (TPSA) is 76.4 Å². The second kappa shape index (κ2) is 10.3. The number of benzene rings is 1. The van der Waals surface area contributed by atoms with Crippen molar-refractivity contribution in [3.05, 3.63) is 41.0 Å². The lowest BCUT2D eigenvalue weighted by Crippen LogP contribution is -2.37. The smallest absolute Gasteiger partial charge is 0.191 e. The van der Waals surface area contributed by atoms with E-state index in [0.717, 1.165) is 61.1 Å². The van der Waals surface area contributed by atoms with Gasteiger partial charge in [-0.3, -0.25) is 4.99 Å². The molecular formula is C21H31IN6O. The fourth-order valence-corrected chi connectivity index (χ4v) is 4.01. The minimum Gasteiger partial charge on any atom is -0.490 e. The molecule has 1 aliphatic heterocycles. The fraction of sp³-hybridized carbons (Fsp3) is 0.571. The molecule has 4 rings (SSSR count). The van der Waals surface area contributed by atoms with Gasteiger partial charge < -0.3 is 19.9 Å². The highest BCUT2D eigenvalue weighted by molar-refractivity contribution is 14.0. The maximum atomic E-state index is 6.30. The van der Waals surface area contributed by atoms with Gasteiger partial charge in [-0.2, -0.15) is 0 Å². The zero-order valence-corrected chi connectivity index (χ0v) is 19.6. The molecule has 0 radical (unpaired) electrons. The van der Waals surface area contributed by atoms with Crippen molar-refractivity contribution in [3.8, 4) is 5.75 Å². The highest BCUT2D eigenvalue weighted by Gasteiger charge is 2.19. The number of rotatable bonds is 6. The monoisotopic (exact) mass is 510 g/mol. The van der Waals surface area contributed by atoms with Gasteiger partial charge in [0.05, 0.1) is 12.6 Å². The number of hydrogen-bond acceptors (Lipinski definition) is 4. The normalized spacial score (nSPS) is 16.4. The Morgan fingerprint density at radius 1 is 1.17 bits per heavy atom. The number of nitrogens with zero attached hydrogens (tertiary/aromatic N) is 4. The van der Waals surface area contributed by atoms with Crippen LogP contribution in [0.1, 0.15) is 54.9 Å². The summed E-state index contributed by atoms with van der Waals surface area (Å²) in [7, 11) is 1.79. The minimum atomic E-state index is 0. The first-order valence-electron chi connectivity index (χ1n) is 10.3. The molecule has 29 heavy (non-hydrogen) atoms. The van der Waals surface area contributed by atoms with Crippen LogP contribution in [0.25, 0.3) is 0 Å². The number of aromatic nitrogens is 3. The molecule has 2 heterocycles. The summed E-state index contributed by atoms with van der Waals surface area (Å²) in [5, 5.41) is 15.3. The van der Waals surface area contributed by atoms with Crippen molar-refractivity contribution in [2.45, 2.75) is 71.2 Å². The molecule has 2 aliphatic rings. The van der Waals surface area contributed by atoms with Crippen LogP contribution in [-0.4, -0.2) is 33.9 Å². The largest absolute Gasteiger partial charge is 0.490 e. The zero-order chi connectivity index (χ0) is 19.3. The number of hydrogen-bond donors (Lipinski definition) is 2. The number of ether oxygens (including phenoxy) is 1. The van der Waals surface area contributed by atoms with Gasteiger partial charge in [-0.15, -0.1) is 34.2 Å². The van der Waals surface area contributed by atoms with Crippen LogP contribution in [0.4, 0.5) is 0 Å². The fourth-order valence-electron chi connectivity index (χ4n) is 4.01. The van der Waals surface area contributed by atoms with Gasteiger partial charge in [0, 0.05) is 32.1 Å². The van der Waals surface area contributed by atoms with Crippen LogP contribution < -0.4 is 15.4 Å². The van der Waals surface area contributed by atoms with Crippen LogP contribution in [-0.2, 0) is 26.1 Å². The summed E-state index contributed by atoms with van der Waals surface area (Å²) in [6.07, 6.45) is 7.39. The number of fused-ring (bicyclic) bond motifs is 1. The Morgan fingerprint density at radius 2 is 1.97 bits per heavy atom. The molecule has 1 aromatic heterocycles. The minimum absolute atomic E-state index is 0. The second-order valence-electron chi connectivity index (χ2n) is 7.70. The van der Waals surface area contributed by atoms with Crippen molar-refractivity contribution in [2.24, 2.45) is 4.99 Å². The Morgan fingerprint density at radius 3 is 2.76 bits per heavy atom. The Bertz CT molecular complexity index is 844. The molecule has 1 fully saturated rings. The average molecular weight is 510 g/mol. The van der Waals surface area contributed by atoms with Gasteiger partial charge in [0.25, 0.3) is 0 Å². The van der Waals surface area contributed by atoms with E-state index in [9.17, 15) is 0 Å². The van der Waals surface area contributed by atoms with E-state index < -0.39 is 0 Å². The average Bonchev–Trinajstić information content (AvgIpc) is 3.42. The predicted molar refractivity (Wildman–Crippen MR) is 125 cm³/mol. The Balaban J connectivity index is 0.00000240. The summed E-state index contributed by atoms with van der Waals surface area (Å²) in [6, 6.07) is 6.42. The van der Waals surface area contributed by atoms with Crippen molar-refractivity contribution >= 4 is 29.9 Å². The predicted octanol–water partition coefficient (Wildman–Crippen LogP) is 3.34. The Kier molecular flexibility index (Phi) is 7.74. The molecule has 0 unspecified atom stereocenters. The third-order valence-electron chi connectivity index (χ3n) is 5.59. The van der Waals surface area contributed by atoms with Crippen molar-refractivity contribution in [3.63, 3.8) is 0 Å². The third-order valence-corrected chi connectivity index (χ3v) is 5.59. The summed E-state index contributed by atoms with van der Waals surface area (Å²) in [4.78, 5) is 4.34. The molecule has 0 atom stereocenters. The number of halogens is 1. The third kappa shape index (κ3) is 5.40. The lowest BCUT2D eigenvalue weighted by molar-refractivity contribution is 0.207. The first kappa shape index (κ1) is 21.9. The van der Waals surface area contributed by atoms with E-state index in [1.807, 2.05) is 0 Å². The van der Waals surface area contributed by atoms with Crippen molar-refractivity contribution in [2.75, 3.05) is 7.05 Å². The van der Waals surface area contributed by atoms with Gasteiger partial charge in [0.2, 0.25) is 0 Å². The summed E-state index contributed by atoms with van der Waals surface area (Å²) in [5.74, 6) is 3.80. The van der Waals surface area contributed by atoms with Gasteiger partial charge in [0.15, 0.2) is 11.8 Å². The maximum Gasteiger partial charge on any atom is 0.191 e. The number of aliphatic imine (C=N–C) groups is 1. The number of nitrogens with one attached hydrogen (secondary N) is 2. The molecule has 0 saturated heterocycles. The van der Waals surface area contributed by atoms with Crippen molar-refractivity contribution < 1.29 is 4.74 Å². The molecule has 158 valence electrons. The first-order valence-corrected chi connectivity index (χ1v) is 10.3. The van der Waals surface area contributed by atoms with Gasteiger partial charge in [-0.05, 0) is 50.7 Å². The summed E-state index contributed by atoms with van der Waals surface area (Å²) in [5.41, 5.74) is 2.38. The van der Waals surface area contributed by atoms with E-state index in [2.05, 4.69) is 55.5 Å². The molecule has 8 heteroatoms. The van der Waals surface area contributed by atoms with E-state index in [1.54, 1.807) is 7.05 Å². The first-order chi connectivity index (χ1) is 13.7. The lowest BCUT2D eigenvalue weighted by atomic mass is 10.1. The highest BCUT2D eigenvalue weighted by atomic mass is 127. The molecule has 7 nitrogen and oxygen atoms in total. The molecule has 0 amide bonds. The number of guanidine groups is 1. The Hall–Kier alpha value is -1.84. The van der Waals surface area contributed by atoms with E-state index >= 15 is 0 Å². The second-order valence-corrected chi connectivity index (χ2v) is 7.70. The zero-order valence-electron chi connectivity index (χ0n) is 17.3. The highest BCUT2D eigenvalue weighted by Crippen LogP contribution is 2.27. The van der Waals surface area contributed by atoms with Gasteiger partial charge in [-0.1, -0.05) is 12.1 Å². The Labute approximate surface area is 189 Å². The van der Waals surface area contributed by atoms with Gasteiger partial charge >= 0.3 is 0 Å². The summed E-state index contributed by atoms with van der Waals surface area (Å²) >= 11 is 0.